The van der Waals surface area contributed by atoms with E-state index in [-0.39, 0.29) is 24.6 Å². The molecule has 0 atom stereocenters. The van der Waals surface area contributed by atoms with Crippen LogP contribution < -0.4 is 16.6 Å². The molecule has 0 bridgehead atoms. The molecule has 0 aliphatic heterocycles. The predicted molar refractivity (Wildman–Crippen MR) is 83.7 cm³/mol. The summed E-state index contributed by atoms with van der Waals surface area (Å²) in [4.78, 5) is 39.1. The van der Waals surface area contributed by atoms with Crippen LogP contribution in [0, 0.1) is 6.92 Å². The van der Waals surface area contributed by atoms with Gasteiger partial charge in [-0.05, 0) is 29.9 Å². The normalized spacial score (nSPS) is 11.0. The second-order valence-electron chi connectivity index (χ2n) is 4.49. The lowest BCUT2D eigenvalue weighted by atomic mass is 10.4. The van der Waals surface area contributed by atoms with Gasteiger partial charge in [-0.1, -0.05) is 4.49 Å². The van der Waals surface area contributed by atoms with E-state index in [4.69, 9.17) is 0 Å². The van der Waals surface area contributed by atoms with Crippen LogP contribution in [0.25, 0.3) is 10.2 Å². The van der Waals surface area contributed by atoms with Crippen molar-refractivity contribution in [3.05, 3.63) is 42.9 Å². The number of carbonyl (C=O) groups excluding carboxylic acids is 1. The van der Waals surface area contributed by atoms with Crippen molar-refractivity contribution in [1.82, 2.24) is 24.5 Å². The highest BCUT2D eigenvalue weighted by Crippen LogP contribution is 2.12. The number of thiophene rings is 1. The highest BCUT2D eigenvalue weighted by molar-refractivity contribution is 7.17. The average molecular weight is 337 g/mol. The third kappa shape index (κ3) is 2.57. The zero-order valence-electron chi connectivity index (χ0n) is 11.5. The van der Waals surface area contributed by atoms with Gasteiger partial charge in [-0.2, -0.15) is 0 Å². The molecule has 10 heteroatoms. The van der Waals surface area contributed by atoms with Crippen LogP contribution in [0.2, 0.25) is 0 Å². The predicted octanol–water partition coefficient (Wildman–Crippen LogP) is 0.341. The summed E-state index contributed by atoms with van der Waals surface area (Å²) >= 11 is 2.28. The van der Waals surface area contributed by atoms with Crippen LogP contribution in [0.5, 0.6) is 0 Å². The Labute approximate surface area is 131 Å². The molecule has 3 rings (SSSR count). The molecule has 3 aromatic rings. The number of aryl methyl sites for hydroxylation is 1. The first-order valence-corrected chi connectivity index (χ1v) is 8.00. The Balaban J connectivity index is 1.75. The van der Waals surface area contributed by atoms with Gasteiger partial charge in [-0.15, -0.1) is 16.4 Å². The molecule has 0 aromatic carbocycles. The number of H-pyrrole nitrogens is 1. The van der Waals surface area contributed by atoms with E-state index in [1.54, 1.807) is 18.4 Å². The fourth-order valence-electron chi connectivity index (χ4n) is 1.98. The Morgan fingerprint density at radius 1 is 1.45 bits per heavy atom. The van der Waals surface area contributed by atoms with Gasteiger partial charge in [0.15, 0.2) is 0 Å². The Hall–Kier alpha value is -2.33. The molecule has 0 fully saturated rings. The van der Waals surface area contributed by atoms with Crippen LogP contribution in [0.4, 0.5) is 0 Å². The fraction of sp³-hybridized carbons (Fsp3) is 0.250. The number of fused-ring (bicyclic) bond motifs is 1. The van der Waals surface area contributed by atoms with Gasteiger partial charge in [-0.25, -0.2) is 4.79 Å². The van der Waals surface area contributed by atoms with Gasteiger partial charge in [0.1, 0.15) is 9.58 Å². The zero-order chi connectivity index (χ0) is 15.7. The molecule has 3 aromatic heterocycles. The summed E-state index contributed by atoms with van der Waals surface area (Å²) < 4.78 is 5.26. The molecule has 0 saturated carbocycles. The highest BCUT2D eigenvalue weighted by Gasteiger charge is 2.13. The number of nitrogens with zero attached hydrogens (tertiary/aromatic N) is 3. The second kappa shape index (κ2) is 5.81. The summed E-state index contributed by atoms with van der Waals surface area (Å²) in [5.74, 6) is -0.311. The summed E-state index contributed by atoms with van der Waals surface area (Å²) in [6.45, 7) is 1.95. The van der Waals surface area contributed by atoms with E-state index >= 15 is 0 Å². The number of aromatic nitrogens is 4. The first-order chi connectivity index (χ1) is 10.6. The lowest BCUT2D eigenvalue weighted by Crippen LogP contribution is -2.38. The van der Waals surface area contributed by atoms with E-state index in [2.05, 4.69) is 19.9 Å². The van der Waals surface area contributed by atoms with Gasteiger partial charge in [-0.3, -0.25) is 14.2 Å². The minimum atomic E-state index is -0.485. The minimum absolute atomic E-state index is 0.0963. The third-order valence-corrected chi connectivity index (χ3v) is 4.80. The van der Waals surface area contributed by atoms with E-state index in [1.165, 1.54) is 11.3 Å². The molecule has 2 N–H and O–H groups in total. The maximum Gasteiger partial charge on any atom is 0.328 e. The maximum atomic E-state index is 12.2. The third-order valence-electron chi connectivity index (χ3n) is 3.07. The van der Waals surface area contributed by atoms with Crippen LogP contribution in [0.15, 0.2) is 21.0 Å². The van der Waals surface area contributed by atoms with Crippen molar-refractivity contribution in [2.24, 2.45) is 0 Å². The Morgan fingerprint density at radius 2 is 2.27 bits per heavy atom. The van der Waals surface area contributed by atoms with Crippen molar-refractivity contribution in [3.63, 3.8) is 0 Å². The largest absolute Gasteiger partial charge is 0.349 e. The minimum Gasteiger partial charge on any atom is -0.349 e. The van der Waals surface area contributed by atoms with Crippen LogP contribution in [-0.2, 0) is 6.54 Å². The molecule has 0 saturated heterocycles. The summed E-state index contributed by atoms with van der Waals surface area (Å²) in [6, 6.07) is 1.69. The maximum absolute atomic E-state index is 12.2. The summed E-state index contributed by atoms with van der Waals surface area (Å²) in [5, 5.41) is 8.16. The van der Waals surface area contributed by atoms with Crippen LogP contribution in [0.3, 0.4) is 0 Å². The SMILES string of the molecule is Cc1nnsc1C(=O)NCCn1c(=O)[nH]c2ccsc2c1=O. The molecule has 0 aliphatic rings. The first kappa shape index (κ1) is 14.6. The van der Waals surface area contributed by atoms with Gasteiger partial charge in [0.25, 0.3) is 11.5 Å². The van der Waals surface area contributed by atoms with Crippen molar-refractivity contribution in [2.45, 2.75) is 13.5 Å². The van der Waals surface area contributed by atoms with E-state index in [1.807, 2.05) is 0 Å². The van der Waals surface area contributed by atoms with E-state index in [9.17, 15) is 14.4 Å². The van der Waals surface area contributed by atoms with Crippen LogP contribution >= 0.6 is 22.9 Å². The molecule has 0 unspecified atom stereocenters. The van der Waals surface area contributed by atoms with E-state index < -0.39 is 5.69 Å². The summed E-state index contributed by atoms with van der Waals surface area (Å²) in [6.07, 6.45) is 0. The zero-order valence-corrected chi connectivity index (χ0v) is 13.1. The monoisotopic (exact) mass is 337 g/mol. The molecule has 22 heavy (non-hydrogen) atoms. The van der Waals surface area contributed by atoms with Crippen LogP contribution in [0.1, 0.15) is 15.4 Å². The van der Waals surface area contributed by atoms with Gasteiger partial charge in [0, 0.05) is 13.1 Å². The van der Waals surface area contributed by atoms with Gasteiger partial charge < -0.3 is 10.3 Å². The van der Waals surface area contributed by atoms with Crippen molar-refractivity contribution in [1.29, 1.82) is 0 Å². The Bertz CT molecular complexity index is 951. The number of hydrogen-bond donors (Lipinski definition) is 2. The van der Waals surface area contributed by atoms with Crippen molar-refractivity contribution < 1.29 is 4.79 Å². The first-order valence-electron chi connectivity index (χ1n) is 6.35. The van der Waals surface area contributed by atoms with Crippen molar-refractivity contribution in [2.75, 3.05) is 6.54 Å². The molecule has 8 nitrogen and oxygen atoms in total. The number of carbonyl (C=O) groups is 1. The van der Waals surface area contributed by atoms with Crippen LogP contribution in [-0.4, -0.2) is 31.6 Å². The number of rotatable bonds is 4. The number of amides is 1. The molecule has 0 spiro atoms. The fourth-order valence-corrected chi connectivity index (χ4v) is 3.35. The number of aromatic amines is 1. The average Bonchev–Trinajstić information content (AvgIpc) is 3.10. The second-order valence-corrected chi connectivity index (χ2v) is 6.16. The number of hydrogen-bond acceptors (Lipinski definition) is 7. The molecular formula is C12H11N5O3S2. The lowest BCUT2D eigenvalue weighted by Gasteiger charge is -2.06. The van der Waals surface area contributed by atoms with E-state index in [0.717, 1.165) is 16.1 Å². The molecular weight excluding hydrogens is 326 g/mol. The smallest absolute Gasteiger partial charge is 0.328 e. The molecule has 0 aliphatic carbocycles. The number of nitrogens with one attached hydrogen (secondary N) is 2. The quantitative estimate of drug-likeness (QED) is 0.713. The lowest BCUT2D eigenvalue weighted by molar-refractivity contribution is 0.0955. The molecule has 0 radical (unpaired) electrons. The van der Waals surface area contributed by atoms with Crippen molar-refractivity contribution in [3.8, 4) is 0 Å². The molecule has 3 heterocycles. The van der Waals surface area contributed by atoms with Gasteiger partial charge in [0.2, 0.25) is 0 Å². The molecule has 114 valence electrons. The van der Waals surface area contributed by atoms with Crippen molar-refractivity contribution >= 4 is 39.0 Å². The Kier molecular flexibility index (Phi) is 3.86. The van der Waals surface area contributed by atoms with Gasteiger partial charge >= 0.3 is 5.69 Å². The van der Waals surface area contributed by atoms with E-state index in [0.29, 0.717) is 20.8 Å². The topological polar surface area (TPSA) is 110 Å². The summed E-state index contributed by atoms with van der Waals surface area (Å²) in [5.41, 5.74) is 0.253. The Morgan fingerprint density at radius 3 is 3.00 bits per heavy atom. The summed E-state index contributed by atoms with van der Waals surface area (Å²) in [7, 11) is 0. The molecule has 1 amide bonds. The highest BCUT2D eigenvalue weighted by atomic mass is 32.1. The van der Waals surface area contributed by atoms with Gasteiger partial charge in [0.05, 0.1) is 11.2 Å². The standard InChI is InChI=1S/C12H11N5O3S2/c1-6-8(22-16-15-6)10(18)13-3-4-17-11(19)9-7(2-5-21-9)14-12(17)20/h2,5H,3-4H2,1H3,(H,13,18)(H,14,20).